The number of para-hydroxylation sites is 4. The largest absolute Gasteiger partial charge is 0.296 e. The number of nitrogens with zero attached hydrogens (tertiary/aromatic N) is 4. The molecular formula is C100H68N4. The minimum atomic E-state index is 0.835. The molecule has 104 heavy (non-hydrogen) atoms. The highest BCUT2D eigenvalue weighted by atomic mass is 15.1. The van der Waals surface area contributed by atoms with E-state index in [-0.39, 0.29) is 0 Å². The van der Waals surface area contributed by atoms with Gasteiger partial charge in [-0.25, -0.2) is 9.97 Å². The predicted octanol–water partition coefficient (Wildman–Crippen LogP) is 26.9. The van der Waals surface area contributed by atoms with Crippen molar-refractivity contribution in [2.24, 2.45) is 0 Å². The van der Waals surface area contributed by atoms with Crippen LogP contribution in [0.5, 0.6) is 0 Å². The molecule has 0 saturated heterocycles. The summed E-state index contributed by atoms with van der Waals surface area (Å²) >= 11 is 0. The fourth-order valence-electron chi connectivity index (χ4n) is 17.0. The molecule has 0 bridgehead atoms. The van der Waals surface area contributed by atoms with Crippen LogP contribution >= 0.6 is 0 Å². The van der Waals surface area contributed by atoms with Crippen LogP contribution in [0.15, 0.2) is 352 Å². The third-order valence-electron chi connectivity index (χ3n) is 21.8. The highest BCUT2D eigenvalue weighted by molar-refractivity contribution is 6.26. The second-order valence-corrected chi connectivity index (χ2v) is 27.6. The Bertz CT molecular complexity index is 6820. The lowest BCUT2D eigenvalue weighted by Gasteiger charge is -2.20. The first-order chi connectivity index (χ1) is 51.5. The van der Waals surface area contributed by atoms with Crippen LogP contribution in [0.1, 0.15) is 25.5 Å². The van der Waals surface area contributed by atoms with Crippen LogP contribution < -0.4 is 0 Å². The Kier molecular flexibility index (Phi) is 14.5. The SMILES string of the molecule is CCc1nc2ccccc2n1-c1ccc(-c2c3ccccc3c(-c3cccc4ccccc34)c3cc(-c4ccc(-c5ccc(-c6ccc7c(-c8c9ccccc9c(-c9ccc(-n%10c(CC)nc%11ccccc%11%10)cc9)c9ccc(-c%10cccc%11ccccc%10%11)cc89)cccc7c6)cc5)cc4)ccc23)cc1. The number of hydrogen-bond donors (Lipinski definition) is 0. The standard InChI is InChI=1S/C100H68N4/c1-3-95-101-91-34-13-15-36-93(91)103(95)75-53-46-69(47-54-75)97-83-27-9-11-29-85(83)99(81-32-18-23-68-21-6-8-26-78(68)81)89-61-72(51-58-87(89)97)66-44-40-64(41-45-66)63-38-42-65(43-39-63)71-50-57-80-73(60-71)24-19-33-82(80)100-86-30-12-10-28-84(86)98(70-48-55-76(56-49-70)104-94-37-16-14-35-92(94)102-96(104)4-2)88-59-52-74(62-90(88)100)79-31-17-22-67-20-5-7-25-77(67)79/h5-62H,3-4H2,1-2H3. The van der Waals surface area contributed by atoms with E-state index >= 15 is 0 Å². The summed E-state index contributed by atoms with van der Waals surface area (Å²) in [4.78, 5) is 10.0. The van der Waals surface area contributed by atoms with E-state index in [9.17, 15) is 0 Å². The van der Waals surface area contributed by atoms with Crippen molar-refractivity contribution in [2.45, 2.75) is 26.7 Å². The number of imidazole rings is 2. The summed E-state index contributed by atoms with van der Waals surface area (Å²) in [6.45, 7) is 4.37. The minimum absolute atomic E-state index is 0.835. The summed E-state index contributed by atoms with van der Waals surface area (Å²) in [5.41, 5.74) is 25.7. The smallest absolute Gasteiger partial charge is 0.114 e. The first-order valence-electron chi connectivity index (χ1n) is 36.3. The van der Waals surface area contributed by atoms with Gasteiger partial charge in [0, 0.05) is 24.2 Å². The maximum atomic E-state index is 5.03. The Morgan fingerprint density at radius 3 is 0.990 bits per heavy atom. The molecule has 0 radical (unpaired) electrons. The molecule has 2 aromatic heterocycles. The molecule has 488 valence electrons. The molecule has 0 fully saturated rings. The van der Waals surface area contributed by atoms with Crippen LogP contribution in [0.3, 0.4) is 0 Å². The number of benzene rings is 18. The summed E-state index contributed by atoms with van der Waals surface area (Å²) in [5, 5.41) is 17.1. The fourth-order valence-corrected chi connectivity index (χ4v) is 17.0. The van der Waals surface area contributed by atoms with E-state index in [2.05, 4.69) is 375 Å². The molecule has 18 aromatic carbocycles. The van der Waals surface area contributed by atoms with E-state index in [1.165, 1.54) is 164 Å². The van der Waals surface area contributed by atoms with Gasteiger partial charge in [-0.05, 0) is 231 Å². The molecule has 0 aliphatic carbocycles. The van der Waals surface area contributed by atoms with Gasteiger partial charge in [0.25, 0.3) is 0 Å². The quantitative estimate of drug-likeness (QED) is 0.114. The summed E-state index contributed by atoms with van der Waals surface area (Å²) in [5.74, 6) is 2.11. The van der Waals surface area contributed by atoms with Gasteiger partial charge in [0.1, 0.15) is 11.6 Å². The maximum Gasteiger partial charge on any atom is 0.114 e. The second-order valence-electron chi connectivity index (χ2n) is 27.6. The van der Waals surface area contributed by atoms with E-state index in [1.54, 1.807) is 0 Å². The van der Waals surface area contributed by atoms with Crippen molar-refractivity contribution in [3.05, 3.63) is 363 Å². The van der Waals surface area contributed by atoms with E-state index < -0.39 is 0 Å². The average Bonchev–Trinajstić information content (AvgIpc) is 0.972. The average molecular weight is 1330 g/mol. The van der Waals surface area contributed by atoms with Crippen molar-refractivity contribution in [1.29, 1.82) is 0 Å². The lowest BCUT2D eigenvalue weighted by molar-refractivity contribution is 0.908. The van der Waals surface area contributed by atoms with Crippen LogP contribution in [0.2, 0.25) is 0 Å². The van der Waals surface area contributed by atoms with E-state index in [4.69, 9.17) is 9.97 Å². The molecule has 0 N–H and O–H groups in total. The first kappa shape index (κ1) is 60.7. The summed E-state index contributed by atoms with van der Waals surface area (Å²) in [6.07, 6.45) is 1.67. The van der Waals surface area contributed by atoms with Crippen molar-refractivity contribution in [2.75, 3.05) is 0 Å². The number of aromatic nitrogens is 4. The third kappa shape index (κ3) is 9.97. The molecule has 20 rings (SSSR count). The van der Waals surface area contributed by atoms with Crippen molar-refractivity contribution >= 4 is 97.5 Å². The molecular weight excluding hydrogens is 1260 g/mol. The maximum absolute atomic E-state index is 5.03. The Hall–Kier alpha value is -13.3. The van der Waals surface area contributed by atoms with Crippen molar-refractivity contribution in [3.8, 4) is 100 Å². The van der Waals surface area contributed by atoms with Gasteiger partial charge >= 0.3 is 0 Å². The molecule has 0 atom stereocenters. The van der Waals surface area contributed by atoms with Gasteiger partial charge in [0.15, 0.2) is 0 Å². The van der Waals surface area contributed by atoms with Gasteiger partial charge in [0.05, 0.1) is 22.1 Å². The molecule has 0 amide bonds. The van der Waals surface area contributed by atoms with Crippen LogP contribution in [0, 0.1) is 0 Å². The summed E-state index contributed by atoms with van der Waals surface area (Å²) in [7, 11) is 0. The Morgan fingerprint density at radius 1 is 0.212 bits per heavy atom. The number of rotatable bonds is 12. The highest BCUT2D eigenvalue weighted by Gasteiger charge is 2.24. The van der Waals surface area contributed by atoms with E-state index in [0.717, 1.165) is 57.9 Å². The topological polar surface area (TPSA) is 35.6 Å². The number of aryl methyl sites for hydroxylation is 2. The van der Waals surface area contributed by atoms with Gasteiger partial charge in [-0.3, -0.25) is 9.13 Å². The van der Waals surface area contributed by atoms with Gasteiger partial charge < -0.3 is 0 Å². The fraction of sp³-hybridized carbons (Fsp3) is 0.0400. The zero-order chi connectivity index (χ0) is 68.9. The lowest BCUT2D eigenvalue weighted by Crippen LogP contribution is -2.00. The molecule has 0 unspecified atom stereocenters. The van der Waals surface area contributed by atoms with Gasteiger partial charge in [-0.2, -0.15) is 0 Å². The monoisotopic (exact) mass is 1320 g/mol. The van der Waals surface area contributed by atoms with Gasteiger partial charge in [0.2, 0.25) is 0 Å². The molecule has 20 aromatic rings. The van der Waals surface area contributed by atoms with Crippen molar-refractivity contribution in [1.82, 2.24) is 19.1 Å². The van der Waals surface area contributed by atoms with E-state index in [1.807, 2.05) is 0 Å². The Morgan fingerprint density at radius 2 is 0.519 bits per heavy atom. The zero-order valence-corrected chi connectivity index (χ0v) is 57.7. The molecule has 2 heterocycles. The third-order valence-corrected chi connectivity index (χ3v) is 21.8. The Labute approximate surface area is 603 Å². The lowest BCUT2D eigenvalue weighted by atomic mass is 9.83. The Balaban J connectivity index is 0.653. The molecule has 4 nitrogen and oxygen atoms in total. The van der Waals surface area contributed by atoms with Crippen LogP contribution in [0.4, 0.5) is 0 Å². The predicted molar refractivity (Wildman–Crippen MR) is 440 cm³/mol. The number of fused-ring (bicyclic) bond motifs is 9. The van der Waals surface area contributed by atoms with Crippen molar-refractivity contribution in [3.63, 3.8) is 0 Å². The van der Waals surface area contributed by atoms with Crippen LogP contribution in [0.25, 0.3) is 198 Å². The second kappa shape index (κ2) is 24.8. The molecule has 0 spiro atoms. The van der Waals surface area contributed by atoms with Gasteiger partial charge in [-0.15, -0.1) is 0 Å². The first-order valence-corrected chi connectivity index (χ1v) is 36.3. The van der Waals surface area contributed by atoms with Crippen LogP contribution in [-0.2, 0) is 12.8 Å². The zero-order valence-electron chi connectivity index (χ0n) is 57.7. The molecule has 0 aliphatic heterocycles. The van der Waals surface area contributed by atoms with Crippen molar-refractivity contribution < 1.29 is 0 Å². The van der Waals surface area contributed by atoms with Gasteiger partial charge in [-0.1, -0.05) is 299 Å². The number of hydrogen-bond acceptors (Lipinski definition) is 2. The molecule has 0 saturated carbocycles. The normalized spacial score (nSPS) is 11.8. The van der Waals surface area contributed by atoms with E-state index in [0.29, 0.717) is 0 Å². The summed E-state index contributed by atoms with van der Waals surface area (Å²) in [6, 6.07) is 131. The minimum Gasteiger partial charge on any atom is -0.296 e. The highest BCUT2D eigenvalue weighted by Crippen LogP contribution is 2.50. The molecule has 4 heteroatoms. The van der Waals surface area contributed by atoms with Crippen LogP contribution in [-0.4, -0.2) is 19.1 Å². The summed E-state index contributed by atoms with van der Waals surface area (Å²) < 4.78 is 4.62. The molecule has 0 aliphatic rings.